The van der Waals surface area contributed by atoms with Gasteiger partial charge in [0.1, 0.15) is 17.5 Å². The Morgan fingerprint density at radius 1 is 1.24 bits per heavy atom. The van der Waals surface area contributed by atoms with Crippen LogP contribution in [-0.2, 0) is 10.2 Å². The normalized spacial score (nSPS) is 15.1. The molecule has 1 aliphatic carbocycles. The van der Waals surface area contributed by atoms with Gasteiger partial charge in [0.05, 0.1) is 6.61 Å². The first-order valence-electron chi connectivity index (χ1n) is 7.59. The van der Waals surface area contributed by atoms with Crippen LogP contribution in [0.3, 0.4) is 0 Å². The fourth-order valence-corrected chi connectivity index (χ4v) is 1.94. The summed E-state index contributed by atoms with van der Waals surface area (Å²) in [6, 6.07) is 0. The number of anilines is 2. The first kappa shape index (κ1) is 16.0. The second-order valence-electron chi connectivity index (χ2n) is 6.71. The Kier molecular flexibility index (Phi) is 5.00. The molecule has 2 rings (SSSR count). The second-order valence-corrected chi connectivity index (χ2v) is 6.71. The molecule has 1 heterocycles. The van der Waals surface area contributed by atoms with Crippen molar-refractivity contribution in [3.63, 3.8) is 0 Å². The molecule has 6 heteroatoms. The van der Waals surface area contributed by atoms with Gasteiger partial charge in [-0.2, -0.15) is 0 Å². The molecular formula is C15H27N5O. The highest BCUT2D eigenvalue weighted by Gasteiger charge is 2.22. The van der Waals surface area contributed by atoms with Crippen molar-refractivity contribution in [2.24, 2.45) is 11.8 Å². The van der Waals surface area contributed by atoms with E-state index in [1.54, 1.807) is 0 Å². The number of hydrogen-bond acceptors (Lipinski definition) is 6. The van der Waals surface area contributed by atoms with Gasteiger partial charge in [-0.05, 0) is 25.7 Å². The first-order valence-corrected chi connectivity index (χ1v) is 7.59. The van der Waals surface area contributed by atoms with Gasteiger partial charge in [-0.25, -0.2) is 15.8 Å². The minimum atomic E-state index is -0.127. The molecule has 4 N–H and O–H groups in total. The van der Waals surface area contributed by atoms with Crippen molar-refractivity contribution in [1.82, 2.24) is 9.97 Å². The lowest BCUT2D eigenvalue weighted by Crippen LogP contribution is -2.22. The number of nitrogens with zero attached hydrogens (tertiary/aromatic N) is 2. The Morgan fingerprint density at radius 3 is 2.48 bits per heavy atom. The van der Waals surface area contributed by atoms with Crippen LogP contribution in [-0.4, -0.2) is 29.7 Å². The van der Waals surface area contributed by atoms with Gasteiger partial charge in [-0.3, -0.25) is 0 Å². The molecule has 0 amide bonds. The highest BCUT2D eigenvalue weighted by molar-refractivity contribution is 5.57. The van der Waals surface area contributed by atoms with Crippen LogP contribution in [0.15, 0.2) is 0 Å². The lowest BCUT2D eigenvalue weighted by atomic mass is 9.95. The van der Waals surface area contributed by atoms with Crippen molar-refractivity contribution in [3.05, 3.63) is 11.4 Å². The zero-order chi connectivity index (χ0) is 15.5. The SMILES string of the molecule is Cc1c(NN)nc(C(C)(C)C)nc1NCCOCC1CC1. The Hall–Kier alpha value is -1.40. The Morgan fingerprint density at radius 2 is 1.90 bits per heavy atom. The van der Waals surface area contributed by atoms with Gasteiger partial charge < -0.3 is 15.5 Å². The maximum atomic E-state index is 5.63. The minimum Gasteiger partial charge on any atom is -0.379 e. The van der Waals surface area contributed by atoms with E-state index < -0.39 is 0 Å². The van der Waals surface area contributed by atoms with E-state index in [4.69, 9.17) is 10.6 Å². The fraction of sp³-hybridized carbons (Fsp3) is 0.733. The van der Waals surface area contributed by atoms with Crippen LogP contribution in [0.2, 0.25) is 0 Å². The van der Waals surface area contributed by atoms with Crippen LogP contribution in [0.1, 0.15) is 45.0 Å². The van der Waals surface area contributed by atoms with E-state index in [0.717, 1.165) is 36.3 Å². The van der Waals surface area contributed by atoms with Crippen LogP contribution in [0.4, 0.5) is 11.6 Å². The van der Waals surface area contributed by atoms with Gasteiger partial charge >= 0.3 is 0 Å². The summed E-state index contributed by atoms with van der Waals surface area (Å²) >= 11 is 0. The molecule has 1 aromatic rings. The summed E-state index contributed by atoms with van der Waals surface area (Å²) in [6.45, 7) is 10.5. The van der Waals surface area contributed by atoms with Crippen LogP contribution in [0, 0.1) is 12.8 Å². The van der Waals surface area contributed by atoms with Gasteiger partial charge in [0.25, 0.3) is 0 Å². The van der Waals surface area contributed by atoms with Gasteiger partial charge in [0, 0.05) is 24.1 Å². The van der Waals surface area contributed by atoms with Gasteiger partial charge in [0.2, 0.25) is 0 Å². The van der Waals surface area contributed by atoms with E-state index in [0.29, 0.717) is 12.4 Å². The maximum Gasteiger partial charge on any atom is 0.148 e. The third-order valence-electron chi connectivity index (χ3n) is 3.54. The van der Waals surface area contributed by atoms with Crippen molar-refractivity contribution in [2.75, 3.05) is 30.5 Å². The van der Waals surface area contributed by atoms with E-state index in [-0.39, 0.29) is 5.41 Å². The van der Waals surface area contributed by atoms with E-state index in [2.05, 4.69) is 41.5 Å². The summed E-state index contributed by atoms with van der Waals surface area (Å²) < 4.78 is 5.63. The molecule has 21 heavy (non-hydrogen) atoms. The summed E-state index contributed by atoms with van der Waals surface area (Å²) in [5.74, 6) is 8.60. The van der Waals surface area contributed by atoms with Crippen molar-refractivity contribution >= 4 is 11.6 Å². The zero-order valence-electron chi connectivity index (χ0n) is 13.5. The van der Waals surface area contributed by atoms with E-state index in [9.17, 15) is 0 Å². The average Bonchev–Trinajstić information content (AvgIpc) is 3.23. The summed E-state index contributed by atoms with van der Waals surface area (Å²) in [6.07, 6.45) is 2.64. The Labute approximate surface area is 126 Å². The highest BCUT2D eigenvalue weighted by Crippen LogP contribution is 2.28. The number of rotatable bonds is 7. The van der Waals surface area contributed by atoms with Crippen molar-refractivity contribution in [2.45, 2.75) is 46.0 Å². The van der Waals surface area contributed by atoms with Gasteiger partial charge in [-0.1, -0.05) is 20.8 Å². The van der Waals surface area contributed by atoms with E-state index in [1.165, 1.54) is 12.8 Å². The smallest absolute Gasteiger partial charge is 0.148 e. The quantitative estimate of drug-likeness (QED) is 0.406. The summed E-state index contributed by atoms with van der Waals surface area (Å²) in [4.78, 5) is 9.10. The number of nitrogens with two attached hydrogens (primary N) is 1. The number of ether oxygens (including phenoxy) is 1. The number of nitrogens with one attached hydrogen (secondary N) is 2. The van der Waals surface area contributed by atoms with Gasteiger partial charge in [-0.15, -0.1) is 0 Å². The van der Waals surface area contributed by atoms with Crippen molar-refractivity contribution in [1.29, 1.82) is 0 Å². The van der Waals surface area contributed by atoms with Crippen molar-refractivity contribution < 1.29 is 4.74 Å². The maximum absolute atomic E-state index is 5.63. The number of nitrogen functional groups attached to an aromatic ring is 1. The molecule has 1 fully saturated rings. The Bertz CT molecular complexity index is 480. The summed E-state index contributed by atoms with van der Waals surface area (Å²) in [5.41, 5.74) is 3.45. The van der Waals surface area contributed by atoms with E-state index >= 15 is 0 Å². The molecule has 0 atom stereocenters. The number of hydrazine groups is 1. The molecule has 0 unspecified atom stereocenters. The molecule has 0 saturated heterocycles. The standard InChI is InChI=1S/C15H27N5O/c1-10-12(17-7-8-21-9-11-5-6-11)18-14(15(2,3)4)19-13(10)20-16/h11H,5-9,16H2,1-4H3,(H2,17,18,19,20). The average molecular weight is 293 g/mol. The third-order valence-corrected chi connectivity index (χ3v) is 3.54. The topological polar surface area (TPSA) is 85.1 Å². The monoisotopic (exact) mass is 293 g/mol. The highest BCUT2D eigenvalue weighted by atomic mass is 16.5. The largest absolute Gasteiger partial charge is 0.379 e. The molecule has 6 nitrogen and oxygen atoms in total. The van der Waals surface area contributed by atoms with Crippen LogP contribution in [0.25, 0.3) is 0 Å². The molecule has 0 spiro atoms. The van der Waals surface area contributed by atoms with Gasteiger partial charge in [0.15, 0.2) is 0 Å². The number of aromatic nitrogens is 2. The molecule has 1 saturated carbocycles. The molecule has 0 radical (unpaired) electrons. The lowest BCUT2D eigenvalue weighted by Gasteiger charge is -2.20. The molecule has 0 aliphatic heterocycles. The predicted octanol–water partition coefficient (Wildman–Crippen LogP) is 2.21. The molecule has 118 valence electrons. The fourth-order valence-electron chi connectivity index (χ4n) is 1.94. The molecule has 1 aromatic heterocycles. The third kappa shape index (κ3) is 4.54. The summed E-state index contributed by atoms with van der Waals surface area (Å²) in [7, 11) is 0. The van der Waals surface area contributed by atoms with Crippen molar-refractivity contribution in [3.8, 4) is 0 Å². The molecule has 0 bridgehead atoms. The Balaban J connectivity index is 1.98. The molecule has 0 aromatic carbocycles. The predicted molar refractivity (Wildman–Crippen MR) is 85.3 cm³/mol. The van der Waals surface area contributed by atoms with Crippen LogP contribution < -0.4 is 16.6 Å². The minimum absolute atomic E-state index is 0.127. The molecular weight excluding hydrogens is 266 g/mol. The number of hydrogen-bond donors (Lipinski definition) is 3. The van der Waals surface area contributed by atoms with E-state index in [1.807, 2.05) is 6.92 Å². The second kappa shape index (κ2) is 6.58. The first-order chi connectivity index (χ1) is 9.91. The van der Waals surface area contributed by atoms with Crippen LogP contribution >= 0.6 is 0 Å². The van der Waals surface area contributed by atoms with Crippen LogP contribution in [0.5, 0.6) is 0 Å². The lowest BCUT2D eigenvalue weighted by molar-refractivity contribution is 0.134. The summed E-state index contributed by atoms with van der Waals surface area (Å²) in [5, 5.41) is 3.32. The molecule has 1 aliphatic rings. The zero-order valence-corrected chi connectivity index (χ0v) is 13.5.